The van der Waals surface area contributed by atoms with E-state index in [2.05, 4.69) is 10.3 Å². The standard InChI is InChI=1S/C10H10F2N4/c11-6-1-2-7(8(12)5-6)10(14)15-4-3-9(13)16-10/h1-5,15H,14H2,(H2,13,16). The molecule has 6 heteroatoms. The van der Waals surface area contributed by atoms with Crippen LogP contribution in [0.4, 0.5) is 8.78 Å². The summed E-state index contributed by atoms with van der Waals surface area (Å²) in [5.41, 5.74) is 11.3. The highest BCUT2D eigenvalue weighted by molar-refractivity contribution is 5.92. The first-order valence-corrected chi connectivity index (χ1v) is 4.55. The molecule has 0 spiro atoms. The van der Waals surface area contributed by atoms with Crippen LogP contribution < -0.4 is 16.8 Å². The molecule has 1 aliphatic rings. The Balaban J connectivity index is 2.48. The van der Waals surface area contributed by atoms with Gasteiger partial charge in [-0.05, 0) is 18.2 Å². The van der Waals surface area contributed by atoms with Gasteiger partial charge < -0.3 is 11.1 Å². The molecule has 0 bridgehead atoms. The molecule has 1 aromatic carbocycles. The number of amidine groups is 1. The molecule has 0 radical (unpaired) electrons. The summed E-state index contributed by atoms with van der Waals surface area (Å²) >= 11 is 0. The lowest BCUT2D eigenvalue weighted by atomic mass is 10.1. The van der Waals surface area contributed by atoms with Crippen molar-refractivity contribution in [1.82, 2.24) is 5.32 Å². The normalized spacial score (nSPS) is 23.8. The molecule has 1 atom stereocenters. The Morgan fingerprint density at radius 2 is 2.06 bits per heavy atom. The maximum absolute atomic E-state index is 13.5. The molecule has 0 aliphatic carbocycles. The highest BCUT2D eigenvalue weighted by atomic mass is 19.1. The summed E-state index contributed by atoms with van der Waals surface area (Å²) in [6, 6.07) is 3.09. The van der Waals surface area contributed by atoms with Crippen molar-refractivity contribution in [2.24, 2.45) is 16.5 Å². The number of rotatable bonds is 1. The van der Waals surface area contributed by atoms with Gasteiger partial charge in [0.25, 0.3) is 0 Å². The predicted octanol–water partition coefficient (Wildman–Crippen LogP) is 0.508. The third kappa shape index (κ3) is 1.74. The molecule has 16 heavy (non-hydrogen) atoms. The van der Waals surface area contributed by atoms with E-state index in [1.807, 2.05) is 0 Å². The Labute approximate surface area is 90.7 Å². The van der Waals surface area contributed by atoms with Crippen LogP contribution in [-0.2, 0) is 5.79 Å². The number of hydrogen-bond acceptors (Lipinski definition) is 4. The Morgan fingerprint density at radius 3 is 2.69 bits per heavy atom. The third-order valence-electron chi connectivity index (χ3n) is 2.20. The van der Waals surface area contributed by atoms with Crippen molar-refractivity contribution in [3.05, 3.63) is 47.7 Å². The minimum absolute atomic E-state index is 0.0289. The number of benzene rings is 1. The first-order valence-electron chi connectivity index (χ1n) is 4.55. The van der Waals surface area contributed by atoms with E-state index in [0.29, 0.717) is 0 Å². The fraction of sp³-hybridized carbons (Fsp3) is 0.100. The van der Waals surface area contributed by atoms with Crippen molar-refractivity contribution >= 4 is 5.84 Å². The van der Waals surface area contributed by atoms with Crippen LogP contribution in [-0.4, -0.2) is 5.84 Å². The van der Waals surface area contributed by atoms with Crippen LogP contribution in [0.25, 0.3) is 0 Å². The molecule has 1 aliphatic heterocycles. The molecule has 0 fully saturated rings. The Bertz CT molecular complexity index is 484. The molecule has 0 saturated heterocycles. The van der Waals surface area contributed by atoms with Crippen molar-refractivity contribution in [3.8, 4) is 0 Å². The van der Waals surface area contributed by atoms with Gasteiger partial charge in [-0.15, -0.1) is 0 Å². The predicted molar refractivity (Wildman–Crippen MR) is 56.1 cm³/mol. The molecule has 2 rings (SSSR count). The Morgan fingerprint density at radius 1 is 1.31 bits per heavy atom. The second-order valence-corrected chi connectivity index (χ2v) is 3.40. The molecular formula is C10H10F2N4. The van der Waals surface area contributed by atoms with Crippen LogP contribution >= 0.6 is 0 Å². The van der Waals surface area contributed by atoms with E-state index in [9.17, 15) is 8.78 Å². The second kappa shape index (κ2) is 3.57. The lowest BCUT2D eigenvalue weighted by molar-refractivity contribution is 0.387. The van der Waals surface area contributed by atoms with Gasteiger partial charge in [0.2, 0.25) is 5.79 Å². The molecule has 0 aromatic heterocycles. The first kappa shape index (κ1) is 10.6. The number of hydrogen-bond donors (Lipinski definition) is 3. The van der Waals surface area contributed by atoms with Crippen molar-refractivity contribution in [3.63, 3.8) is 0 Å². The van der Waals surface area contributed by atoms with Crippen LogP contribution in [0.3, 0.4) is 0 Å². The molecule has 84 valence electrons. The zero-order valence-electron chi connectivity index (χ0n) is 8.24. The van der Waals surface area contributed by atoms with Gasteiger partial charge in [0, 0.05) is 12.3 Å². The lowest BCUT2D eigenvalue weighted by Crippen LogP contribution is -2.50. The molecular weight excluding hydrogens is 214 g/mol. The minimum Gasteiger partial charge on any atom is -0.384 e. The number of nitrogens with zero attached hydrogens (tertiary/aromatic N) is 1. The van der Waals surface area contributed by atoms with Crippen LogP contribution in [0.5, 0.6) is 0 Å². The van der Waals surface area contributed by atoms with Gasteiger partial charge in [-0.2, -0.15) is 0 Å². The van der Waals surface area contributed by atoms with Gasteiger partial charge in [-0.3, -0.25) is 5.73 Å². The van der Waals surface area contributed by atoms with E-state index in [1.165, 1.54) is 18.3 Å². The molecule has 4 nitrogen and oxygen atoms in total. The van der Waals surface area contributed by atoms with Gasteiger partial charge in [0.15, 0.2) is 0 Å². The average Bonchev–Trinajstić information content (AvgIpc) is 2.16. The van der Waals surface area contributed by atoms with Gasteiger partial charge >= 0.3 is 0 Å². The van der Waals surface area contributed by atoms with Crippen LogP contribution in [0, 0.1) is 11.6 Å². The van der Waals surface area contributed by atoms with Gasteiger partial charge in [-0.1, -0.05) is 0 Å². The van der Waals surface area contributed by atoms with Crippen LogP contribution in [0.2, 0.25) is 0 Å². The zero-order chi connectivity index (χ0) is 11.8. The summed E-state index contributed by atoms with van der Waals surface area (Å²) in [6.45, 7) is 0. The lowest BCUT2D eigenvalue weighted by Gasteiger charge is -2.28. The molecule has 5 N–H and O–H groups in total. The maximum atomic E-state index is 13.5. The highest BCUT2D eigenvalue weighted by Crippen LogP contribution is 2.22. The monoisotopic (exact) mass is 224 g/mol. The van der Waals surface area contributed by atoms with E-state index >= 15 is 0 Å². The van der Waals surface area contributed by atoms with Crippen LogP contribution in [0.1, 0.15) is 5.56 Å². The summed E-state index contributed by atoms with van der Waals surface area (Å²) in [4.78, 5) is 3.89. The van der Waals surface area contributed by atoms with E-state index in [4.69, 9.17) is 11.5 Å². The van der Waals surface area contributed by atoms with Crippen molar-refractivity contribution in [2.75, 3.05) is 0 Å². The molecule has 0 saturated carbocycles. The first-order chi connectivity index (χ1) is 7.51. The van der Waals surface area contributed by atoms with Gasteiger partial charge in [0.05, 0.1) is 5.56 Å². The quantitative estimate of drug-likeness (QED) is 0.650. The highest BCUT2D eigenvalue weighted by Gasteiger charge is 2.30. The number of aliphatic imine (C=N–C) groups is 1. The average molecular weight is 224 g/mol. The van der Waals surface area contributed by atoms with E-state index in [0.717, 1.165) is 12.1 Å². The number of nitrogens with two attached hydrogens (primary N) is 2. The number of nitrogens with one attached hydrogen (secondary N) is 1. The summed E-state index contributed by atoms with van der Waals surface area (Å²) < 4.78 is 26.3. The molecule has 1 aromatic rings. The van der Waals surface area contributed by atoms with Crippen molar-refractivity contribution < 1.29 is 8.78 Å². The van der Waals surface area contributed by atoms with Gasteiger partial charge in [-0.25, -0.2) is 13.8 Å². The van der Waals surface area contributed by atoms with Crippen molar-refractivity contribution in [1.29, 1.82) is 0 Å². The minimum atomic E-state index is -1.49. The van der Waals surface area contributed by atoms with E-state index in [-0.39, 0.29) is 11.4 Å². The summed E-state index contributed by atoms with van der Waals surface area (Å²) in [7, 11) is 0. The summed E-state index contributed by atoms with van der Waals surface area (Å²) in [6.07, 6.45) is 2.96. The van der Waals surface area contributed by atoms with Crippen molar-refractivity contribution in [2.45, 2.75) is 5.79 Å². The summed E-state index contributed by atoms with van der Waals surface area (Å²) in [5.74, 6) is -2.77. The van der Waals surface area contributed by atoms with Crippen LogP contribution in [0.15, 0.2) is 35.5 Å². The largest absolute Gasteiger partial charge is 0.384 e. The zero-order valence-corrected chi connectivity index (χ0v) is 8.24. The molecule has 0 amide bonds. The van der Waals surface area contributed by atoms with Gasteiger partial charge in [0.1, 0.15) is 17.5 Å². The fourth-order valence-corrected chi connectivity index (χ4v) is 1.46. The second-order valence-electron chi connectivity index (χ2n) is 3.40. The molecule has 1 unspecified atom stereocenters. The SMILES string of the molecule is NC1=NC(N)(c2ccc(F)cc2F)NC=C1. The topological polar surface area (TPSA) is 76.4 Å². The van der Waals surface area contributed by atoms with E-state index in [1.54, 1.807) is 0 Å². The number of halogens is 2. The Kier molecular flexibility index (Phi) is 2.35. The smallest absolute Gasteiger partial charge is 0.213 e. The molecule has 1 heterocycles. The Hall–Kier alpha value is -1.95. The fourth-order valence-electron chi connectivity index (χ4n) is 1.46. The maximum Gasteiger partial charge on any atom is 0.213 e. The van der Waals surface area contributed by atoms with E-state index < -0.39 is 17.4 Å². The summed E-state index contributed by atoms with van der Waals surface area (Å²) in [5, 5.41) is 2.67. The third-order valence-corrected chi connectivity index (χ3v) is 2.20.